The fourth-order valence-electron chi connectivity index (χ4n) is 2.10. The monoisotopic (exact) mass is 435 g/mol. The summed E-state index contributed by atoms with van der Waals surface area (Å²) in [7, 11) is 0. The first-order valence-electron chi connectivity index (χ1n) is 6.39. The zero-order valence-electron chi connectivity index (χ0n) is 11.2. The predicted molar refractivity (Wildman–Crippen MR) is 79.7 cm³/mol. The maximum atomic E-state index is 3.30. The molecule has 0 heterocycles. The van der Waals surface area contributed by atoms with Crippen molar-refractivity contribution in [3.63, 3.8) is 0 Å². The van der Waals surface area contributed by atoms with Gasteiger partial charge in [0.05, 0.1) is 0 Å². The average Bonchev–Trinajstić information content (AvgIpc) is 2.49. The van der Waals surface area contributed by atoms with Crippen LogP contribution in [-0.2, 0) is 20.1 Å². The van der Waals surface area contributed by atoms with Crippen molar-refractivity contribution in [2.24, 2.45) is 0 Å². The molecule has 0 aliphatic carbocycles. The molecule has 0 aliphatic rings. The standard InChI is InChI=1S/C19H14.Ir/c1-15-10-12-17(13-11-15)19-9-5-8-18(14-19)16-6-3-2-4-7-16;/h2-8,10-12,14H,1H3;/q-2;. The van der Waals surface area contributed by atoms with Gasteiger partial charge in [0.1, 0.15) is 0 Å². The maximum absolute atomic E-state index is 3.30. The van der Waals surface area contributed by atoms with Crippen LogP contribution >= 0.6 is 0 Å². The summed E-state index contributed by atoms with van der Waals surface area (Å²) in [6.07, 6.45) is 0. The Bertz CT molecular complexity index is 670. The third-order valence-corrected chi connectivity index (χ3v) is 3.17. The van der Waals surface area contributed by atoms with E-state index in [9.17, 15) is 0 Å². The van der Waals surface area contributed by atoms with Crippen LogP contribution in [0.25, 0.3) is 22.3 Å². The molecule has 0 unspecified atom stereocenters. The summed E-state index contributed by atoms with van der Waals surface area (Å²) in [6.45, 7) is 2.07. The quantitative estimate of drug-likeness (QED) is 0.502. The van der Waals surface area contributed by atoms with Gasteiger partial charge in [-0.25, -0.2) is 11.1 Å². The summed E-state index contributed by atoms with van der Waals surface area (Å²) >= 11 is 0. The van der Waals surface area contributed by atoms with Gasteiger partial charge >= 0.3 is 0 Å². The van der Waals surface area contributed by atoms with E-state index in [-0.39, 0.29) is 20.1 Å². The minimum atomic E-state index is 0. The molecule has 0 saturated carbocycles. The second kappa shape index (κ2) is 6.65. The van der Waals surface area contributed by atoms with Crippen LogP contribution in [0.5, 0.6) is 0 Å². The summed E-state index contributed by atoms with van der Waals surface area (Å²) < 4.78 is 0. The van der Waals surface area contributed by atoms with Crippen molar-refractivity contribution >= 4 is 0 Å². The van der Waals surface area contributed by atoms with Crippen LogP contribution in [0, 0.1) is 19.1 Å². The van der Waals surface area contributed by atoms with E-state index in [1.54, 1.807) is 0 Å². The summed E-state index contributed by atoms with van der Waals surface area (Å²) in [6, 6.07) is 29.4. The SMILES string of the molecule is Cc1c[c-]c(-c2[c-]ccc(-c3ccccc3)c2)cc1.[Ir]. The first-order valence-corrected chi connectivity index (χ1v) is 6.39. The number of aryl methyl sites for hydroxylation is 1. The molecule has 0 spiro atoms. The predicted octanol–water partition coefficient (Wildman–Crippen LogP) is 4.93. The Kier molecular flexibility index (Phi) is 4.89. The maximum Gasteiger partial charge on any atom is 0 e. The van der Waals surface area contributed by atoms with Gasteiger partial charge in [-0.05, 0) is 5.56 Å². The number of rotatable bonds is 2. The van der Waals surface area contributed by atoms with E-state index in [1.165, 1.54) is 16.7 Å². The zero-order chi connectivity index (χ0) is 13.1. The molecule has 0 aliphatic heterocycles. The van der Waals surface area contributed by atoms with Gasteiger partial charge in [-0.15, -0.1) is 17.2 Å². The molecule has 0 saturated heterocycles. The molecule has 0 aromatic heterocycles. The second-order valence-electron chi connectivity index (χ2n) is 4.64. The molecule has 0 amide bonds. The van der Waals surface area contributed by atoms with Gasteiger partial charge in [-0.2, -0.15) is 42.5 Å². The van der Waals surface area contributed by atoms with Crippen LogP contribution in [0.4, 0.5) is 0 Å². The Labute approximate surface area is 133 Å². The van der Waals surface area contributed by atoms with Gasteiger partial charge in [0.2, 0.25) is 0 Å². The van der Waals surface area contributed by atoms with Gasteiger partial charge in [0.25, 0.3) is 0 Å². The number of hydrogen-bond acceptors (Lipinski definition) is 0. The van der Waals surface area contributed by atoms with Crippen LogP contribution < -0.4 is 0 Å². The van der Waals surface area contributed by atoms with Crippen molar-refractivity contribution < 1.29 is 20.1 Å². The van der Waals surface area contributed by atoms with Crippen LogP contribution in [-0.4, -0.2) is 0 Å². The van der Waals surface area contributed by atoms with Crippen molar-refractivity contribution in [2.45, 2.75) is 6.92 Å². The van der Waals surface area contributed by atoms with Gasteiger partial charge < -0.3 is 0 Å². The van der Waals surface area contributed by atoms with Crippen LogP contribution in [0.1, 0.15) is 5.56 Å². The molecule has 1 radical (unpaired) electrons. The minimum Gasteiger partial charge on any atom is -0.226 e. The van der Waals surface area contributed by atoms with Crippen molar-refractivity contribution in [1.29, 1.82) is 0 Å². The van der Waals surface area contributed by atoms with Crippen LogP contribution in [0.3, 0.4) is 0 Å². The Morgan fingerprint density at radius 2 is 1.55 bits per heavy atom. The molecule has 0 atom stereocenters. The van der Waals surface area contributed by atoms with E-state index >= 15 is 0 Å². The van der Waals surface area contributed by atoms with Crippen LogP contribution in [0.2, 0.25) is 0 Å². The third kappa shape index (κ3) is 3.25. The normalized spacial score (nSPS) is 9.85. The van der Waals surface area contributed by atoms with E-state index in [1.807, 2.05) is 18.2 Å². The first-order chi connectivity index (χ1) is 9.33. The number of benzene rings is 3. The largest absolute Gasteiger partial charge is 0.226 e. The second-order valence-corrected chi connectivity index (χ2v) is 4.64. The third-order valence-electron chi connectivity index (χ3n) is 3.17. The van der Waals surface area contributed by atoms with Crippen molar-refractivity contribution in [3.05, 3.63) is 84.4 Å². The topological polar surface area (TPSA) is 0 Å². The smallest absolute Gasteiger partial charge is 0 e. The molecule has 20 heavy (non-hydrogen) atoms. The van der Waals surface area contributed by atoms with Gasteiger partial charge in [-0.3, -0.25) is 0 Å². The molecular weight excluding hydrogens is 420 g/mol. The molecule has 3 aromatic carbocycles. The van der Waals surface area contributed by atoms with Gasteiger partial charge in [-0.1, -0.05) is 37.3 Å². The van der Waals surface area contributed by atoms with E-state index in [0.29, 0.717) is 0 Å². The molecule has 0 N–H and O–H groups in total. The van der Waals surface area contributed by atoms with E-state index in [0.717, 1.165) is 11.1 Å². The van der Waals surface area contributed by atoms with E-state index < -0.39 is 0 Å². The van der Waals surface area contributed by atoms with E-state index in [4.69, 9.17) is 0 Å². The Morgan fingerprint density at radius 1 is 0.750 bits per heavy atom. The van der Waals surface area contributed by atoms with Crippen molar-refractivity contribution in [2.75, 3.05) is 0 Å². The fourth-order valence-corrected chi connectivity index (χ4v) is 2.10. The number of hydrogen-bond donors (Lipinski definition) is 0. The molecule has 101 valence electrons. The summed E-state index contributed by atoms with van der Waals surface area (Å²) in [5.41, 5.74) is 5.83. The zero-order valence-corrected chi connectivity index (χ0v) is 13.6. The van der Waals surface area contributed by atoms with Crippen LogP contribution in [0.15, 0.2) is 66.7 Å². The molecule has 3 aromatic rings. The van der Waals surface area contributed by atoms with Gasteiger partial charge in [0.15, 0.2) is 0 Å². The average molecular weight is 435 g/mol. The minimum absolute atomic E-state index is 0. The summed E-state index contributed by atoms with van der Waals surface area (Å²) in [5.74, 6) is 0. The van der Waals surface area contributed by atoms with Crippen molar-refractivity contribution in [1.82, 2.24) is 0 Å². The Hall–Kier alpha value is -1.69. The first kappa shape index (κ1) is 14.7. The van der Waals surface area contributed by atoms with E-state index in [2.05, 4.69) is 67.6 Å². The molecule has 0 fully saturated rings. The summed E-state index contributed by atoms with van der Waals surface area (Å²) in [4.78, 5) is 0. The molecule has 0 bridgehead atoms. The fraction of sp³-hybridized carbons (Fsp3) is 0.0526. The Balaban J connectivity index is 0.00000147. The molecular formula is C19H14Ir-2. The van der Waals surface area contributed by atoms with Crippen molar-refractivity contribution in [3.8, 4) is 22.3 Å². The Morgan fingerprint density at radius 3 is 2.25 bits per heavy atom. The molecule has 0 nitrogen and oxygen atoms in total. The molecule has 1 heteroatoms. The summed E-state index contributed by atoms with van der Waals surface area (Å²) in [5, 5.41) is 0. The molecule has 3 rings (SSSR count). The van der Waals surface area contributed by atoms with Gasteiger partial charge in [0, 0.05) is 20.1 Å².